The Morgan fingerprint density at radius 3 is 2.58 bits per heavy atom. The first kappa shape index (κ1) is 18.5. The first-order chi connectivity index (χ1) is 12.3. The van der Waals surface area contributed by atoms with E-state index >= 15 is 0 Å². The maximum Gasteiger partial charge on any atom is 0.243 e. The summed E-state index contributed by atoms with van der Waals surface area (Å²) in [5.41, 5.74) is 3.67. The van der Waals surface area contributed by atoms with Crippen LogP contribution in [0, 0.1) is 13.8 Å². The summed E-state index contributed by atoms with van der Waals surface area (Å²) in [6.07, 6.45) is 2.60. The van der Waals surface area contributed by atoms with Gasteiger partial charge in [-0.1, -0.05) is 18.2 Å². The van der Waals surface area contributed by atoms with E-state index in [0.29, 0.717) is 29.2 Å². The summed E-state index contributed by atoms with van der Waals surface area (Å²) in [7, 11) is -0.341. The normalized spacial score (nSPS) is 12.0. The fourth-order valence-electron chi connectivity index (χ4n) is 3.17. The van der Waals surface area contributed by atoms with E-state index in [-0.39, 0.29) is 0 Å². The van der Waals surface area contributed by atoms with E-state index in [9.17, 15) is 8.42 Å². The molecule has 0 aliphatic heterocycles. The number of nitrogens with one attached hydrogen (secondary N) is 1. The van der Waals surface area contributed by atoms with Crippen LogP contribution in [0.2, 0.25) is 0 Å². The third kappa shape index (κ3) is 3.34. The molecule has 0 spiro atoms. The maximum absolute atomic E-state index is 13.0. The van der Waals surface area contributed by atoms with Gasteiger partial charge in [0.05, 0.1) is 12.0 Å². The number of fused-ring (bicyclic) bond motifs is 1. The Morgan fingerprint density at radius 2 is 1.85 bits per heavy atom. The van der Waals surface area contributed by atoms with Crippen molar-refractivity contribution in [2.24, 2.45) is 0 Å². The third-order valence-corrected chi connectivity index (χ3v) is 6.75. The molecule has 6 heteroatoms. The second-order valence-corrected chi connectivity index (χ2v) is 8.54. The molecule has 1 N–H and O–H groups in total. The Kier molecular flexibility index (Phi) is 5.07. The van der Waals surface area contributed by atoms with Crippen LogP contribution in [0.1, 0.15) is 16.7 Å². The number of methoxy groups -OCH3 is 1. The molecular weight excluding hydrogens is 348 g/mol. The topological polar surface area (TPSA) is 62.4 Å². The minimum Gasteiger partial charge on any atom is -0.496 e. The molecule has 0 saturated carbocycles. The molecule has 26 heavy (non-hydrogen) atoms. The van der Waals surface area contributed by atoms with Crippen LogP contribution >= 0.6 is 0 Å². The van der Waals surface area contributed by atoms with Crippen LogP contribution in [-0.2, 0) is 16.4 Å². The average molecular weight is 372 g/mol. The van der Waals surface area contributed by atoms with Gasteiger partial charge >= 0.3 is 0 Å². The van der Waals surface area contributed by atoms with E-state index in [4.69, 9.17) is 4.74 Å². The lowest BCUT2D eigenvalue weighted by Crippen LogP contribution is -2.29. The molecule has 0 amide bonds. The largest absolute Gasteiger partial charge is 0.496 e. The smallest absolute Gasteiger partial charge is 0.243 e. The molecule has 0 radical (unpaired) electrons. The summed E-state index contributed by atoms with van der Waals surface area (Å²) >= 11 is 0. The number of aromatic amines is 1. The van der Waals surface area contributed by atoms with Crippen LogP contribution in [0.5, 0.6) is 5.75 Å². The number of ether oxygens (including phenoxy) is 1. The zero-order chi connectivity index (χ0) is 18.9. The standard InChI is InChI=1S/C20H24N2O3S/c1-14-12-20(15(2)11-19(14)25-4)26(23,24)22(3)10-9-16-13-21-18-8-6-5-7-17(16)18/h5-8,11-13,21H,9-10H2,1-4H3. The maximum atomic E-state index is 13.0. The van der Waals surface area contributed by atoms with Gasteiger partial charge < -0.3 is 9.72 Å². The Labute approximate surface area is 154 Å². The predicted octanol–water partition coefficient (Wildman–Crippen LogP) is 3.66. The fraction of sp³-hybridized carbons (Fsp3) is 0.300. The number of aromatic nitrogens is 1. The van der Waals surface area contributed by atoms with Crippen LogP contribution in [0.15, 0.2) is 47.5 Å². The molecule has 3 aromatic rings. The van der Waals surface area contributed by atoms with Crippen LogP contribution in [-0.4, -0.2) is 38.4 Å². The quantitative estimate of drug-likeness (QED) is 0.718. The zero-order valence-corrected chi connectivity index (χ0v) is 16.4. The molecule has 0 bridgehead atoms. The van der Waals surface area contributed by atoms with Gasteiger partial charge in [0.2, 0.25) is 10.0 Å². The Bertz CT molecular complexity index is 1040. The molecule has 0 aliphatic rings. The molecule has 0 fully saturated rings. The highest BCUT2D eigenvalue weighted by atomic mass is 32.2. The van der Waals surface area contributed by atoms with Crippen molar-refractivity contribution in [3.8, 4) is 5.75 Å². The number of sulfonamides is 1. The van der Waals surface area contributed by atoms with Crippen molar-refractivity contribution in [1.29, 1.82) is 0 Å². The number of hydrogen-bond acceptors (Lipinski definition) is 3. The molecule has 0 saturated heterocycles. The lowest BCUT2D eigenvalue weighted by molar-refractivity contribution is 0.410. The lowest BCUT2D eigenvalue weighted by Gasteiger charge is -2.19. The van der Waals surface area contributed by atoms with E-state index in [1.54, 1.807) is 33.2 Å². The summed E-state index contributed by atoms with van der Waals surface area (Å²) in [6, 6.07) is 11.5. The highest BCUT2D eigenvalue weighted by Gasteiger charge is 2.24. The monoisotopic (exact) mass is 372 g/mol. The van der Waals surface area contributed by atoms with Gasteiger partial charge in [-0.05, 0) is 55.2 Å². The van der Waals surface area contributed by atoms with Crippen molar-refractivity contribution in [2.45, 2.75) is 25.2 Å². The van der Waals surface area contributed by atoms with E-state index in [1.807, 2.05) is 37.4 Å². The number of rotatable bonds is 6. The number of likely N-dealkylation sites (N-methyl/N-ethyl adjacent to an activating group) is 1. The fourth-order valence-corrected chi connectivity index (χ4v) is 4.62. The molecule has 2 aromatic carbocycles. The van der Waals surface area contributed by atoms with Gasteiger partial charge in [-0.15, -0.1) is 0 Å². The SMILES string of the molecule is COc1cc(C)c(S(=O)(=O)N(C)CCc2c[nH]c3ccccc23)cc1C. The molecule has 138 valence electrons. The van der Waals surface area contributed by atoms with Gasteiger partial charge in [-0.25, -0.2) is 12.7 Å². The number of hydrogen-bond donors (Lipinski definition) is 1. The highest BCUT2D eigenvalue weighted by Crippen LogP contribution is 2.27. The summed E-state index contributed by atoms with van der Waals surface area (Å²) < 4.78 is 32.7. The van der Waals surface area contributed by atoms with E-state index in [1.165, 1.54) is 4.31 Å². The second kappa shape index (κ2) is 7.13. The van der Waals surface area contributed by atoms with E-state index < -0.39 is 10.0 Å². The molecule has 1 heterocycles. The number of benzene rings is 2. The summed E-state index contributed by atoms with van der Waals surface area (Å²) in [5, 5.41) is 1.13. The van der Waals surface area contributed by atoms with Crippen LogP contribution in [0.25, 0.3) is 10.9 Å². The van der Waals surface area contributed by atoms with Crippen molar-refractivity contribution in [3.63, 3.8) is 0 Å². The molecule has 0 unspecified atom stereocenters. The first-order valence-electron chi connectivity index (χ1n) is 8.51. The van der Waals surface area contributed by atoms with Gasteiger partial charge in [-0.2, -0.15) is 0 Å². The predicted molar refractivity (Wildman–Crippen MR) is 104 cm³/mol. The van der Waals surface area contributed by atoms with Crippen molar-refractivity contribution in [3.05, 3.63) is 59.3 Å². The van der Waals surface area contributed by atoms with E-state index in [0.717, 1.165) is 22.0 Å². The van der Waals surface area contributed by atoms with Gasteiger partial charge in [0.25, 0.3) is 0 Å². The van der Waals surface area contributed by atoms with Gasteiger partial charge in [0.15, 0.2) is 0 Å². The number of H-pyrrole nitrogens is 1. The van der Waals surface area contributed by atoms with Crippen LogP contribution in [0.4, 0.5) is 0 Å². The lowest BCUT2D eigenvalue weighted by atomic mass is 10.1. The average Bonchev–Trinajstić information content (AvgIpc) is 3.04. The number of nitrogens with zero attached hydrogens (tertiary/aromatic N) is 1. The first-order valence-corrected chi connectivity index (χ1v) is 9.95. The van der Waals surface area contributed by atoms with Crippen molar-refractivity contribution in [1.82, 2.24) is 9.29 Å². The van der Waals surface area contributed by atoms with Gasteiger partial charge in [-0.3, -0.25) is 0 Å². The molecular formula is C20H24N2O3S. The Balaban J connectivity index is 1.82. The summed E-state index contributed by atoms with van der Waals surface area (Å²) in [6.45, 7) is 4.06. The third-order valence-electron chi connectivity index (χ3n) is 4.75. The molecule has 0 atom stereocenters. The molecule has 5 nitrogen and oxygen atoms in total. The van der Waals surface area contributed by atoms with Crippen LogP contribution < -0.4 is 4.74 Å². The molecule has 0 aliphatic carbocycles. The highest BCUT2D eigenvalue weighted by molar-refractivity contribution is 7.89. The van der Waals surface area contributed by atoms with Crippen molar-refractivity contribution < 1.29 is 13.2 Å². The van der Waals surface area contributed by atoms with Crippen molar-refractivity contribution in [2.75, 3.05) is 20.7 Å². The van der Waals surface area contributed by atoms with Gasteiger partial charge in [0.1, 0.15) is 5.75 Å². The number of aryl methyl sites for hydroxylation is 2. The molecule has 1 aromatic heterocycles. The Morgan fingerprint density at radius 1 is 1.12 bits per heavy atom. The Hall–Kier alpha value is -2.31. The number of para-hydroxylation sites is 1. The summed E-state index contributed by atoms with van der Waals surface area (Å²) in [4.78, 5) is 3.56. The minimum atomic E-state index is -3.56. The van der Waals surface area contributed by atoms with Crippen LogP contribution in [0.3, 0.4) is 0 Å². The van der Waals surface area contributed by atoms with Crippen molar-refractivity contribution >= 4 is 20.9 Å². The second-order valence-electron chi connectivity index (χ2n) is 6.52. The van der Waals surface area contributed by atoms with E-state index in [2.05, 4.69) is 4.98 Å². The zero-order valence-electron chi connectivity index (χ0n) is 15.5. The minimum absolute atomic E-state index is 0.331. The summed E-state index contributed by atoms with van der Waals surface area (Å²) in [5.74, 6) is 0.697. The molecule has 3 rings (SSSR count). The van der Waals surface area contributed by atoms with Gasteiger partial charge in [0, 0.05) is 30.7 Å².